The van der Waals surface area contributed by atoms with Crippen molar-refractivity contribution < 1.29 is 22.3 Å². The third-order valence-corrected chi connectivity index (χ3v) is 4.04. The molecule has 10 heteroatoms. The first-order valence-corrected chi connectivity index (χ1v) is 7.64. The summed E-state index contributed by atoms with van der Waals surface area (Å²) in [6, 6.07) is 3.75. The Morgan fingerprint density at radius 3 is 2.50 bits per heavy atom. The highest BCUT2D eigenvalue weighted by Gasteiger charge is 2.53. The summed E-state index contributed by atoms with van der Waals surface area (Å²) >= 11 is 0. The molecule has 1 unspecified atom stereocenters. The molecule has 0 aliphatic heterocycles. The van der Waals surface area contributed by atoms with E-state index in [1.54, 1.807) is 0 Å². The van der Waals surface area contributed by atoms with Crippen LogP contribution in [0.3, 0.4) is 0 Å². The van der Waals surface area contributed by atoms with Crippen molar-refractivity contribution in [1.82, 2.24) is 19.6 Å². The molecule has 0 spiro atoms. The zero-order valence-electron chi connectivity index (χ0n) is 13.9. The number of nitrogen functional groups attached to an aromatic ring is 1. The molecule has 3 heterocycles. The number of hydrogen-bond donors (Lipinski definition) is 1. The van der Waals surface area contributed by atoms with E-state index in [0.29, 0.717) is 0 Å². The van der Waals surface area contributed by atoms with Crippen molar-refractivity contribution >= 4 is 11.5 Å². The maximum atomic E-state index is 14.0. The molecule has 0 radical (unpaired) electrons. The quantitative estimate of drug-likeness (QED) is 0.714. The number of nitrogens with zero attached hydrogens (tertiary/aromatic N) is 4. The third-order valence-electron chi connectivity index (χ3n) is 4.04. The fraction of sp³-hybridized carbons (Fsp3) is 0.312. The molecule has 0 aliphatic carbocycles. The van der Waals surface area contributed by atoms with E-state index in [2.05, 4.69) is 15.1 Å². The maximum absolute atomic E-state index is 14.0. The van der Waals surface area contributed by atoms with E-state index in [9.17, 15) is 17.6 Å². The van der Waals surface area contributed by atoms with E-state index in [1.165, 1.54) is 29.8 Å². The molecule has 3 aromatic heterocycles. The van der Waals surface area contributed by atoms with Crippen LogP contribution in [0.2, 0.25) is 0 Å². The second-order valence-corrected chi connectivity index (χ2v) is 5.69. The van der Waals surface area contributed by atoms with Crippen LogP contribution < -0.4 is 5.73 Å². The third kappa shape index (κ3) is 2.85. The lowest BCUT2D eigenvalue weighted by Crippen LogP contribution is -2.42. The lowest BCUT2D eigenvalue weighted by molar-refractivity contribution is -0.276. The number of anilines is 1. The van der Waals surface area contributed by atoms with Crippen LogP contribution in [0.5, 0.6) is 0 Å². The Kier molecular flexibility index (Phi) is 4.31. The number of halogens is 4. The number of aromatic nitrogens is 4. The van der Waals surface area contributed by atoms with Crippen molar-refractivity contribution in [2.24, 2.45) is 0 Å². The van der Waals surface area contributed by atoms with Crippen molar-refractivity contribution in [2.45, 2.75) is 25.6 Å². The highest BCUT2D eigenvalue weighted by atomic mass is 19.4. The first kappa shape index (κ1) is 18.1. The second kappa shape index (κ2) is 6.20. The number of ether oxygens (including phenoxy) is 1. The Hall–Kier alpha value is -2.75. The minimum atomic E-state index is -4.62. The summed E-state index contributed by atoms with van der Waals surface area (Å²) in [4.78, 5) is 7.75. The van der Waals surface area contributed by atoms with Gasteiger partial charge < -0.3 is 10.5 Å². The first-order valence-electron chi connectivity index (χ1n) is 7.64. The minimum Gasteiger partial charge on any atom is -0.367 e. The van der Waals surface area contributed by atoms with E-state index in [1.807, 2.05) is 0 Å². The zero-order valence-corrected chi connectivity index (χ0v) is 13.9. The number of fused-ring (bicyclic) bond motifs is 1. The summed E-state index contributed by atoms with van der Waals surface area (Å²) in [5.41, 5.74) is 3.41. The molecular formula is C16H15F4N5O. The van der Waals surface area contributed by atoms with Crippen molar-refractivity contribution in [3.8, 4) is 11.4 Å². The van der Waals surface area contributed by atoms with Gasteiger partial charge in [0.05, 0.1) is 17.6 Å². The molecule has 26 heavy (non-hydrogen) atoms. The average Bonchev–Trinajstić information content (AvgIpc) is 2.90. The lowest BCUT2D eigenvalue weighted by atomic mass is 9.96. The van der Waals surface area contributed by atoms with Gasteiger partial charge in [0.15, 0.2) is 11.4 Å². The highest BCUT2D eigenvalue weighted by Crippen LogP contribution is 2.42. The lowest BCUT2D eigenvalue weighted by Gasteiger charge is -2.31. The van der Waals surface area contributed by atoms with Crippen molar-refractivity contribution in [2.75, 3.05) is 12.3 Å². The molecular weight excluding hydrogens is 354 g/mol. The topological polar surface area (TPSA) is 78.3 Å². The normalized spacial score (nSPS) is 14.5. The van der Waals surface area contributed by atoms with E-state index in [4.69, 9.17) is 10.5 Å². The minimum absolute atomic E-state index is 0.0769. The average molecular weight is 369 g/mol. The molecule has 0 saturated heterocycles. The molecule has 6 nitrogen and oxygen atoms in total. The van der Waals surface area contributed by atoms with Gasteiger partial charge in [0, 0.05) is 24.4 Å². The highest BCUT2D eigenvalue weighted by molar-refractivity contribution is 5.64. The smallest absolute Gasteiger partial charge is 0.367 e. The Labute approximate surface area is 145 Å². The summed E-state index contributed by atoms with van der Waals surface area (Å²) in [5.74, 6) is -0.674. The molecule has 0 fully saturated rings. The molecule has 138 valence electrons. The Morgan fingerprint density at radius 2 is 1.92 bits per heavy atom. The van der Waals surface area contributed by atoms with Crippen LogP contribution in [0.25, 0.3) is 16.9 Å². The fourth-order valence-electron chi connectivity index (χ4n) is 2.59. The number of rotatable bonds is 4. The first-order chi connectivity index (χ1) is 12.2. The van der Waals surface area contributed by atoms with Crippen LogP contribution in [-0.2, 0) is 10.3 Å². The van der Waals surface area contributed by atoms with Gasteiger partial charge in [-0.2, -0.15) is 13.2 Å². The standard InChI is InChI=1S/C16H15F4N5O/c1-3-26-15(2,16(18,19)20)9-4-5-11(22-7-9)12-6-10(17)13-8-23-14(21)24-25(12)13/h4-8H,3H2,1-2H3,(H2,21,24). The van der Waals surface area contributed by atoms with Crippen molar-refractivity contribution in [1.29, 1.82) is 0 Å². The van der Waals surface area contributed by atoms with E-state index in [0.717, 1.165) is 19.2 Å². The van der Waals surface area contributed by atoms with Gasteiger partial charge >= 0.3 is 6.18 Å². The summed E-state index contributed by atoms with van der Waals surface area (Å²) < 4.78 is 60.4. The summed E-state index contributed by atoms with van der Waals surface area (Å²) in [5, 5.41) is 3.91. The van der Waals surface area contributed by atoms with Gasteiger partial charge in [0.1, 0.15) is 5.52 Å². The summed E-state index contributed by atoms with van der Waals surface area (Å²) in [7, 11) is 0. The van der Waals surface area contributed by atoms with E-state index >= 15 is 0 Å². The van der Waals surface area contributed by atoms with Gasteiger partial charge in [-0.3, -0.25) is 4.98 Å². The number of pyridine rings is 1. The van der Waals surface area contributed by atoms with Gasteiger partial charge in [-0.25, -0.2) is 13.9 Å². The van der Waals surface area contributed by atoms with Crippen LogP contribution in [0.4, 0.5) is 23.5 Å². The van der Waals surface area contributed by atoms with Gasteiger partial charge in [-0.1, -0.05) is 6.07 Å². The molecule has 0 aliphatic rings. The largest absolute Gasteiger partial charge is 0.421 e. The van der Waals surface area contributed by atoms with Gasteiger partial charge in [-0.15, -0.1) is 5.10 Å². The fourth-order valence-corrected chi connectivity index (χ4v) is 2.59. The van der Waals surface area contributed by atoms with Crippen LogP contribution in [0.1, 0.15) is 19.4 Å². The monoisotopic (exact) mass is 369 g/mol. The summed E-state index contributed by atoms with van der Waals surface area (Å²) in [6.45, 7) is 2.29. The van der Waals surface area contributed by atoms with Crippen molar-refractivity contribution in [3.05, 3.63) is 42.0 Å². The van der Waals surface area contributed by atoms with Gasteiger partial charge in [-0.05, 0) is 19.9 Å². The van der Waals surface area contributed by atoms with E-state index in [-0.39, 0.29) is 35.0 Å². The number of hydrogen-bond acceptors (Lipinski definition) is 5. The van der Waals surface area contributed by atoms with Crippen LogP contribution >= 0.6 is 0 Å². The molecule has 3 aromatic rings. The molecule has 1 atom stereocenters. The Morgan fingerprint density at radius 1 is 1.19 bits per heavy atom. The predicted octanol–water partition coefficient (Wildman–Crippen LogP) is 3.33. The second-order valence-electron chi connectivity index (χ2n) is 5.69. The molecule has 0 bridgehead atoms. The van der Waals surface area contributed by atoms with Gasteiger partial charge in [0.2, 0.25) is 5.95 Å². The van der Waals surface area contributed by atoms with Gasteiger partial charge in [0.25, 0.3) is 0 Å². The van der Waals surface area contributed by atoms with E-state index < -0.39 is 17.6 Å². The maximum Gasteiger partial charge on any atom is 0.421 e. The number of nitrogens with two attached hydrogens (primary N) is 1. The zero-order chi connectivity index (χ0) is 19.1. The molecule has 0 saturated carbocycles. The summed E-state index contributed by atoms with van der Waals surface area (Å²) in [6.07, 6.45) is -2.35. The molecule has 3 rings (SSSR count). The Bertz CT molecular complexity index is 938. The molecule has 0 aromatic carbocycles. The Balaban J connectivity index is 2.07. The van der Waals surface area contributed by atoms with Crippen LogP contribution in [0, 0.1) is 5.82 Å². The SMILES string of the molecule is CCOC(C)(c1ccc(-c2cc(F)c3cnc(N)nn23)nc1)C(F)(F)F. The molecule has 2 N–H and O–H groups in total. The molecule has 0 amide bonds. The van der Waals surface area contributed by atoms with Crippen LogP contribution in [0.15, 0.2) is 30.6 Å². The predicted molar refractivity (Wildman–Crippen MR) is 85.6 cm³/mol. The van der Waals surface area contributed by atoms with Crippen molar-refractivity contribution in [3.63, 3.8) is 0 Å². The number of alkyl halides is 3. The van der Waals surface area contributed by atoms with Crippen LogP contribution in [-0.4, -0.2) is 32.4 Å².